The molecule has 2 nitrogen and oxygen atoms in total. The molecule has 0 N–H and O–H groups in total. The summed E-state index contributed by atoms with van der Waals surface area (Å²) >= 11 is 5.59. The highest BCUT2D eigenvalue weighted by Gasteiger charge is 2.22. The Morgan fingerprint density at radius 2 is 2.23 bits per heavy atom. The molecule has 0 aliphatic carbocycles. The average Bonchev–Trinajstić information content (AvgIpc) is 2.54. The zero-order chi connectivity index (χ0) is 9.90. The Kier molecular flexibility index (Phi) is 3.37. The fraction of sp³-hybridized carbons (Fsp3) is 0.700. The maximum atomic E-state index is 5.59. The van der Waals surface area contributed by atoms with Crippen molar-refractivity contribution < 1.29 is 4.42 Å². The van der Waals surface area contributed by atoms with Crippen LogP contribution in [0, 0.1) is 0 Å². The predicted molar refractivity (Wildman–Crippen MR) is 54.2 cm³/mol. The summed E-state index contributed by atoms with van der Waals surface area (Å²) in [6, 6.07) is 0. The van der Waals surface area contributed by atoms with Crippen molar-refractivity contribution >= 4 is 11.6 Å². The van der Waals surface area contributed by atoms with Gasteiger partial charge in [-0.05, 0) is 6.42 Å². The highest BCUT2D eigenvalue weighted by atomic mass is 35.5. The lowest BCUT2D eigenvalue weighted by molar-refractivity contribution is 0.357. The first kappa shape index (κ1) is 10.6. The lowest BCUT2D eigenvalue weighted by Crippen LogP contribution is -2.13. The number of aromatic nitrogens is 1. The number of nitrogens with zero attached hydrogens (tertiary/aromatic N) is 1. The summed E-state index contributed by atoms with van der Waals surface area (Å²) in [5.74, 6) is 2.26. The standard InChI is InChI=1S/C10H16ClNO/c1-4-10(2,3)8-7-12-9(13-8)5-6-11/h7H,4-6H2,1-3H3. The van der Waals surface area contributed by atoms with E-state index in [1.165, 1.54) is 0 Å². The number of hydrogen-bond donors (Lipinski definition) is 0. The minimum absolute atomic E-state index is 0.0809. The molecule has 0 bridgehead atoms. The van der Waals surface area contributed by atoms with Gasteiger partial charge in [-0.2, -0.15) is 0 Å². The van der Waals surface area contributed by atoms with E-state index in [2.05, 4.69) is 25.8 Å². The van der Waals surface area contributed by atoms with E-state index in [-0.39, 0.29) is 5.41 Å². The topological polar surface area (TPSA) is 26.0 Å². The molecule has 0 saturated heterocycles. The van der Waals surface area contributed by atoms with Gasteiger partial charge in [-0.3, -0.25) is 0 Å². The van der Waals surface area contributed by atoms with Gasteiger partial charge in [-0.1, -0.05) is 20.8 Å². The van der Waals surface area contributed by atoms with E-state index < -0.39 is 0 Å². The first-order valence-electron chi connectivity index (χ1n) is 4.61. The second-order valence-electron chi connectivity index (χ2n) is 3.79. The normalized spacial score (nSPS) is 12.0. The monoisotopic (exact) mass is 201 g/mol. The second-order valence-corrected chi connectivity index (χ2v) is 4.17. The Labute approximate surface area is 84.3 Å². The van der Waals surface area contributed by atoms with Crippen LogP contribution in [0.2, 0.25) is 0 Å². The van der Waals surface area contributed by atoms with E-state index in [0.29, 0.717) is 12.3 Å². The average molecular weight is 202 g/mol. The third kappa shape index (κ3) is 2.47. The van der Waals surface area contributed by atoms with Gasteiger partial charge >= 0.3 is 0 Å². The van der Waals surface area contributed by atoms with Gasteiger partial charge < -0.3 is 4.42 Å². The maximum Gasteiger partial charge on any atom is 0.195 e. The largest absolute Gasteiger partial charge is 0.445 e. The molecule has 0 saturated carbocycles. The van der Waals surface area contributed by atoms with Gasteiger partial charge in [0.25, 0.3) is 0 Å². The maximum absolute atomic E-state index is 5.59. The van der Waals surface area contributed by atoms with E-state index in [9.17, 15) is 0 Å². The summed E-state index contributed by atoms with van der Waals surface area (Å²) in [4.78, 5) is 4.17. The van der Waals surface area contributed by atoms with Gasteiger partial charge in [0.1, 0.15) is 5.76 Å². The van der Waals surface area contributed by atoms with E-state index in [1.54, 1.807) is 0 Å². The summed E-state index contributed by atoms with van der Waals surface area (Å²) in [6.45, 7) is 6.44. The molecule has 0 aromatic carbocycles. The molecule has 0 unspecified atom stereocenters. The number of halogens is 1. The van der Waals surface area contributed by atoms with Gasteiger partial charge in [0.05, 0.1) is 6.20 Å². The Balaban J connectivity index is 2.79. The van der Waals surface area contributed by atoms with Crippen LogP contribution in [0.3, 0.4) is 0 Å². The van der Waals surface area contributed by atoms with Crippen LogP contribution in [-0.2, 0) is 11.8 Å². The van der Waals surface area contributed by atoms with Gasteiger partial charge in [0.15, 0.2) is 5.89 Å². The van der Waals surface area contributed by atoms with Crippen LogP contribution in [0.15, 0.2) is 10.6 Å². The quantitative estimate of drug-likeness (QED) is 0.700. The molecular formula is C10H16ClNO. The van der Waals surface area contributed by atoms with Gasteiger partial charge in [-0.15, -0.1) is 11.6 Å². The lowest BCUT2D eigenvalue weighted by Gasteiger charge is -2.18. The van der Waals surface area contributed by atoms with Crippen LogP contribution in [0.4, 0.5) is 0 Å². The van der Waals surface area contributed by atoms with Crippen molar-refractivity contribution in [3.63, 3.8) is 0 Å². The first-order valence-corrected chi connectivity index (χ1v) is 5.14. The molecule has 1 aromatic heterocycles. The van der Waals surface area contributed by atoms with Crippen molar-refractivity contribution in [2.45, 2.75) is 39.0 Å². The molecular weight excluding hydrogens is 186 g/mol. The number of alkyl halides is 1. The minimum atomic E-state index is 0.0809. The van der Waals surface area contributed by atoms with Gasteiger partial charge in [0.2, 0.25) is 0 Å². The summed E-state index contributed by atoms with van der Waals surface area (Å²) in [5, 5.41) is 0. The number of oxazole rings is 1. The van der Waals surface area contributed by atoms with Crippen LogP contribution in [-0.4, -0.2) is 10.9 Å². The van der Waals surface area contributed by atoms with Gasteiger partial charge in [-0.25, -0.2) is 4.98 Å². The molecule has 1 heterocycles. The van der Waals surface area contributed by atoms with Crippen molar-refractivity contribution in [3.8, 4) is 0 Å². The van der Waals surface area contributed by atoms with Crippen LogP contribution in [0.25, 0.3) is 0 Å². The lowest BCUT2D eigenvalue weighted by atomic mass is 9.88. The third-order valence-electron chi connectivity index (χ3n) is 2.41. The Morgan fingerprint density at radius 1 is 1.54 bits per heavy atom. The fourth-order valence-electron chi connectivity index (χ4n) is 0.994. The van der Waals surface area contributed by atoms with Crippen LogP contribution in [0.1, 0.15) is 38.8 Å². The van der Waals surface area contributed by atoms with E-state index in [1.807, 2.05) is 6.20 Å². The minimum Gasteiger partial charge on any atom is -0.445 e. The molecule has 0 spiro atoms. The zero-order valence-corrected chi connectivity index (χ0v) is 9.19. The molecule has 0 aliphatic heterocycles. The van der Waals surface area contributed by atoms with Crippen molar-refractivity contribution in [2.75, 3.05) is 5.88 Å². The molecule has 0 aliphatic rings. The van der Waals surface area contributed by atoms with Gasteiger partial charge in [0, 0.05) is 17.7 Å². The highest BCUT2D eigenvalue weighted by molar-refractivity contribution is 6.17. The summed E-state index contributed by atoms with van der Waals surface area (Å²) in [5.41, 5.74) is 0.0809. The van der Waals surface area contributed by atoms with Crippen LogP contribution < -0.4 is 0 Å². The predicted octanol–water partition coefficient (Wildman–Crippen LogP) is 3.14. The molecule has 13 heavy (non-hydrogen) atoms. The Bertz CT molecular complexity index is 268. The third-order valence-corrected chi connectivity index (χ3v) is 2.60. The molecule has 1 aromatic rings. The summed E-state index contributed by atoms with van der Waals surface area (Å²) in [7, 11) is 0. The zero-order valence-electron chi connectivity index (χ0n) is 8.43. The fourth-order valence-corrected chi connectivity index (χ4v) is 1.16. The van der Waals surface area contributed by atoms with Crippen molar-refractivity contribution in [1.82, 2.24) is 4.98 Å². The van der Waals surface area contributed by atoms with Crippen molar-refractivity contribution in [2.24, 2.45) is 0 Å². The van der Waals surface area contributed by atoms with Crippen LogP contribution in [0.5, 0.6) is 0 Å². The molecule has 1 rings (SSSR count). The number of hydrogen-bond acceptors (Lipinski definition) is 2. The summed E-state index contributed by atoms with van der Waals surface area (Å²) in [6.07, 6.45) is 3.56. The van der Waals surface area contributed by atoms with E-state index in [0.717, 1.165) is 18.1 Å². The molecule has 74 valence electrons. The van der Waals surface area contributed by atoms with Crippen LogP contribution >= 0.6 is 11.6 Å². The van der Waals surface area contributed by atoms with Crippen molar-refractivity contribution in [1.29, 1.82) is 0 Å². The molecule has 0 fully saturated rings. The molecule has 3 heteroatoms. The SMILES string of the molecule is CCC(C)(C)c1cnc(CCCl)o1. The second kappa shape index (κ2) is 4.14. The molecule has 0 radical (unpaired) electrons. The molecule has 0 atom stereocenters. The first-order chi connectivity index (χ1) is 6.10. The highest BCUT2D eigenvalue weighted by Crippen LogP contribution is 2.27. The number of aryl methyl sites for hydroxylation is 1. The number of rotatable bonds is 4. The Morgan fingerprint density at radius 3 is 2.77 bits per heavy atom. The Hall–Kier alpha value is -0.500. The van der Waals surface area contributed by atoms with E-state index in [4.69, 9.17) is 16.0 Å². The molecule has 0 amide bonds. The van der Waals surface area contributed by atoms with Crippen molar-refractivity contribution in [3.05, 3.63) is 17.8 Å². The smallest absolute Gasteiger partial charge is 0.195 e. The summed E-state index contributed by atoms with van der Waals surface area (Å²) < 4.78 is 5.58. The van der Waals surface area contributed by atoms with E-state index >= 15 is 0 Å².